The van der Waals surface area contributed by atoms with Crippen LogP contribution in [0, 0.1) is 22.7 Å². The molecule has 6 heteroatoms. The van der Waals surface area contributed by atoms with Crippen LogP contribution in [0.1, 0.15) is 57.9 Å². The topological polar surface area (TPSA) is 81.8 Å². The summed E-state index contributed by atoms with van der Waals surface area (Å²) in [6.07, 6.45) is 5.77. The van der Waals surface area contributed by atoms with Gasteiger partial charge in [-0.05, 0) is 51.4 Å². The predicted octanol–water partition coefficient (Wildman–Crippen LogP) is 5.13. The van der Waals surface area contributed by atoms with Gasteiger partial charge in [0.2, 0.25) is 0 Å². The van der Waals surface area contributed by atoms with Crippen LogP contribution < -0.4 is 0 Å². The van der Waals surface area contributed by atoms with Crippen molar-refractivity contribution in [3.8, 4) is 0 Å². The summed E-state index contributed by atoms with van der Waals surface area (Å²) in [4.78, 5) is 0. The Bertz CT molecular complexity index is 707. The highest BCUT2D eigenvalue weighted by molar-refractivity contribution is 8.26. The zero-order chi connectivity index (χ0) is 19.2. The predicted molar refractivity (Wildman–Crippen MR) is 112 cm³/mol. The van der Waals surface area contributed by atoms with Crippen LogP contribution >= 0.6 is 11.8 Å². The second-order valence-corrected chi connectivity index (χ2v) is 11.2. The highest BCUT2D eigenvalue weighted by atomic mass is 32.2. The summed E-state index contributed by atoms with van der Waals surface area (Å²) in [7, 11) is -2.94. The number of rotatable bonds is 7. The monoisotopic (exact) mass is 394 g/mol. The van der Waals surface area contributed by atoms with Crippen molar-refractivity contribution in [3.05, 3.63) is 35.9 Å². The van der Waals surface area contributed by atoms with Crippen LogP contribution in [0.4, 0.5) is 0 Å². The van der Waals surface area contributed by atoms with Gasteiger partial charge in [0, 0.05) is 5.56 Å². The van der Waals surface area contributed by atoms with E-state index in [0.717, 1.165) is 37.7 Å². The highest BCUT2D eigenvalue weighted by Crippen LogP contribution is 2.33. The Labute approximate surface area is 162 Å². The Hall–Kier alpha value is -1.14. The Morgan fingerprint density at radius 2 is 1.65 bits per heavy atom. The molecule has 1 aromatic rings. The fourth-order valence-corrected chi connectivity index (χ4v) is 5.46. The van der Waals surface area contributed by atoms with Gasteiger partial charge in [0.25, 0.3) is 0 Å². The molecule has 4 nitrogen and oxygen atoms in total. The molecule has 0 atom stereocenters. The minimum Gasteiger partial charge on any atom is -0.298 e. The zero-order valence-corrected chi connectivity index (χ0v) is 17.3. The molecule has 0 aliphatic heterocycles. The standard InChI is InChI=1S/C20H30N2O2S2/c1-15(2)26(23,24)14-17-10-8-16(9-11-17)12-13-19(21)25-20(22)18-6-4-3-5-7-18/h3-7,15-17,21-22H,8-14H2,1-2H3. The molecule has 2 N–H and O–H groups in total. The van der Waals surface area contributed by atoms with Crippen molar-refractivity contribution in [3.63, 3.8) is 0 Å². The van der Waals surface area contributed by atoms with Crippen molar-refractivity contribution in [2.24, 2.45) is 11.8 Å². The van der Waals surface area contributed by atoms with Crippen LogP contribution in [0.2, 0.25) is 0 Å². The maximum Gasteiger partial charge on any atom is 0.152 e. The summed E-state index contributed by atoms with van der Waals surface area (Å²) >= 11 is 1.24. The second-order valence-electron chi connectivity index (χ2n) is 7.52. The van der Waals surface area contributed by atoms with Gasteiger partial charge in [-0.2, -0.15) is 0 Å². The number of nitrogens with one attached hydrogen (secondary N) is 2. The van der Waals surface area contributed by atoms with Gasteiger partial charge in [-0.3, -0.25) is 10.8 Å². The molecule has 0 amide bonds. The second kappa shape index (κ2) is 9.70. The van der Waals surface area contributed by atoms with Crippen LogP contribution in [0.5, 0.6) is 0 Å². The average Bonchev–Trinajstić information content (AvgIpc) is 2.61. The number of benzene rings is 1. The molecule has 26 heavy (non-hydrogen) atoms. The van der Waals surface area contributed by atoms with Crippen LogP contribution in [-0.4, -0.2) is 29.5 Å². The summed E-state index contributed by atoms with van der Waals surface area (Å²) in [5.41, 5.74) is 0.856. The van der Waals surface area contributed by atoms with Crippen LogP contribution in [-0.2, 0) is 9.84 Å². The third-order valence-corrected chi connectivity index (χ3v) is 8.46. The van der Waals surface area contributed by atoms with E-state index in [0.29, 0.717) is 34.1 Å². The van der Waals surface area contributed by atoms with Crippen molar-refractivity contribution >= 4 is 31.7 Å². The van der Waals surface area contributed by atoms with E-state index in [1.807, 2.05) is 30.3 Å². The molecule has 0 bridgehead atoms. The van der Waals surface area contributed by atoms with Crippen LogP contribution in [0.25, 0.3) is 0 Å². The molecular weight excluding hydrogens is 364 g/mol. The molecule has 0 saturated heterocycles. The third kappa shape index (κ3) is 6.54. The number of hydrogen-bond donors (Lipinski definition) is 2. The minimum absolute atomic E-state index is 0.280. The highest BCUT2D eigenvalue weighted by Gasteiger charge is 2.27. The lowest BCUT2D eigenvalue weighted by atomic mass is 9.81. The lowest BCUT2D eigenvalue weighted by molar-refractivity contribution is 0.281. The van der Waals surface area contributed by atoms with Gasteiger partial charge in [-0.15, -0.1) is 0 Å². The largest absolute Gasteiger partial charge is 0.298 e. The van der Waals surface area contributed by atoms with Gasteiger partial charge in [0.1, 0.15) is 5.04 Å². The van der Waals surface area contributed by atoms with Crippen molar-refractivity contribution in [1.82, 2.24) is 0 Å². The molecule has 2 rings (SSSR count). The Kier molecular flexibility index (Phi) is 7.89. The third-order valence-electron chi connectivity index (χ3n) is 5.19. The molecule has 1 fully saturated rings. The Balaban J connectivity index is 1.70. The molecule has 1 aliphatic rings. The molecule has 0 spiro atoms. The lowest BCUT2D eigenvalue weighted by Gasteiger charge is -2.28. The first kappa shape index (κ1) is 21.2. The first-order chi connectivity index (χ1) is 12.3. The number of hydrogen-bond acceptors (Lipinski definition) is 5. The SMILES string of the molecule is CC(C)S(=O)(=O)CC1CCC(CCC(=N)SC(=N)c2ccccc2)CC1. The van der Waals surface area contributed by atoms with E-state index < -0.39 is 9.84 Å². The maximum atomic E-state index is 12.1. The minimum atomic E-state index is -2.94. The Morgan fingerprint density at radius 1 is 1.08 bits per heavy atom. The fourth-order valence-electron chi connectivity index (χ4n) is 3.37. The van der Waals surface area contributed by atoms with Gasteiger partial charge < -0.3 is 0 Å². The first-order valence-corrected chi connectivity index (χ1v) is 11.9. The first-order valence-electron chi connectivity index (χ1n) is 9.38. The number of sulfone groups is 1. The number of thioether (sulfide) groups is 1. The normalized spacial score (nSPS) is 20.9. The van der Waals surface area contributed by atoms with E-state index in [9.17, 15) is 8.42 Å². The van der Waals surface area contributed by atoms with Crippen molar-refractivity contribution in [1.29, 1.82) is 10.8 Å². The molecule has 1 saturated carbocycles. The van der Waals surface area contributed by atoms with E-state index in [2.05, 4.69) is 0 Å². The lowest BCUT2D eigenvalue weighted by Crippen LogP contribution is -2.26. The molecular formula is C20H30N2O2S2. The summed E-state index contributed by atoms with van der Waals surface area (Å²) in [6, 6.07) is 9.54. The summed E-state index contributed by atoms with van der Waals surface area (Å²) < 4.78 is 24.1. The van der Waals surface area contributed by atoms with Gasteiger partial charge in [0.05, 0.1) is 16.0 Å². The van der Waals surface area contributed by atoms with Crippen molar-refractivity contribution < 1.29 is 8.42 Å². The summed E-state index contributed by atoms with van der Waals surface area (Å²) in [5.74, 6) is 1.22. The average molecular weight is 395 g/mol. The zero-order valence-electron chi connectivity index (χ0n) is 15.7. The molecule has 1 aromatic carbocycles. The van der Waals surface area contributed by atoms with E-state index in [1.165, 1.54) is 11.8 Å². The quantitative estimate of drug-likeness (QED) is 0.497. The summed E-state index contributed by atoms with van der Waals surface area (Å²) in [6.45, 7) is 3.52. The summed E-state index contributed by atoms with van der Waals surface area (Å²) in [5, 5.41) is 16.9. The molecule has 144 valence electrons. The van der Waals surface area contributed by atoms with E-state index in [4.69, 9.17) is 10.8 Å². The fraction of sp³-hybridized carbons (Fsp3) is 0.600. The van der Waals surface area contributed by atoms with Gasteiger partial charge in [0.15, 0.2) is 9.84 Å². The van der Waals surface area contributed by atoms with Crippen LogP contribution in [0.15, 0.2) is 30.3 Å². The van der Waals surface area contributed by atoms with E-state index in [1.54, 1.807) is 13.8 Å². The van der Waals surface area contributed by atoms with Gasteiger partial charge >= 0.3 is 0 Å². The molecule has 0 unspecified atom stereocenters. The van der Waals surface area contributed by atoms with Gasteiger partial charge in [-0.1, -0.05) is 54.9 Å². The maximum absolute atomic E-state index is 12.1. The molecule has 0 heterocycles. The van der Waals surface area contributed by atoms with E-state index in [-0.39, 0.29) is 5.25 Å². The smallest absolute Gasteiger partial charge is 0.152 e. The van der Waals surface area contributed by atoms with Crippen LogP contribution in [0.3, 0.4) is 0 Å². The Morgan fingerprint density at radius 3 is 2.23 bits per heavy atom. The van der Waals surface area contributed by atoms with Gasteiger partial charge in [-0.25, -0.2) is 8.42 Å². The molecule has 1 aliphatic carbocycles. The molecule has 0 aromatic heterocycles. The molecule has 0 radical (unpaired) electrons. The van der Waals surface area contributed by atoms with Crippen molar-refractivity contribution in [2.45, 2.75) is 57.6 Å². The van der Waals surface area contributed by atoms with E-state index >= 15 is 0 Å². The van der Waals surface area contributed by atoms with Crippen molar-refractivity contribution in [2.75, 3.05) is 5.75 Å².